The van der Waals surface area contributed by atoms with Crippen LogP contribution < -0.4 is 14.2 Å². The lowest BCUT2D eigenvalue weighted by Gasteiger charge is -2.32. The van der Waals surface area contributed by atoms with Gasteiger partial charge < -0.3 is 23.8 Å². The zero-order valence-electron chi connectivity index (χ0n) is 21.6. The molecule has 0 amide bonds. The van der Waals surface area contributed by atoms with Crippen LogP contribution in [-0.4, -0.2) is 94.6 Å². The van der Waals surface area contributed by atoms with E-state index in [4.69, 9.17) is 18.9 Å². The topological polar surface area (TPSA) is 104 Å². The molecule has 0 spiro atoms. The summed E-state index contributed by atoms with van der Waals surface area (Å²) in [4.78, 5) is 25.5. The number of nitrogens with zero attached hydrogens (tertiary/aromatic N) is 6. The summed E-state index contributed by atoms with van der Waals surface area (Å²) in [5, 5.41) is 4.85. The van der Waals surface area contributed by atoms with Crippen LogP contribution in [-0.2, 0) is 16.1 Å². The fourth-order valence-corrected chi connectivity index (χ4v) is 3.85. The lowest BCUT2D eigenvalue weighted by Crippen LogP contribution is -2.45. The monoisotopic (exact) mass is 498 g/mol. The number of carbonyl (C=O) groups excluding carboxylic acids is 1. The Kier molecular flexibility index (Phi) is 7.90. The fraction of sp³-hybridized carbons (Fsp3) is 0.520. The number of methoxy groups -OCH3 is 1. The van der Waals surface area contributed by atoms with E-state index in [1.165, 1.54) is 17.2 Å². The molecule has 2 aromatic heterocycles. The van der Waals surface area contributed by atoms with Crippen molar-refractivity contribution in [1.29, 1.82) is 0 Å². The molecule has 0 radical (unpaired) electrons. The Morgan fingerprint density at radius 3 is 2.58 bits per heavy atom. The highest BCUT2D eigenvalue weighted by Crippen LogP contribution is 2.36. The molecular formula is C25H34N6O5. The molecule has 0 unspecified atom stereocenters. The Hall–Kier alpha value is -3.44. The summed E-state index contributed by atoms with van der Waals surface area (Å²) < 4.78 is 24.4. The number of rotatable bonds is 9. The van der Waals surface area contributed by atoms with E-state index >= 15 is 0 Å². The average Bonchev–Trinajstić information content (AvgIpc) is 3.25. The van der Waals surface area contributed by atoms with Crippen LogP contribution in [0.2, 0.25) is 0 Å². The van der Waals surface area contributed by atoms with Gasteiger partial charge in [0.15, 0.2) is 17.2 Å². The highest BCUT2D eigenvalue weighted by atomic mass is 16.6. The third kappa shape index (κ3) is 6.82. The highest BCUT2D eigenvalue weighted by Gasteiger charge is 2.18. The van der Waals surface area contributed by atoms with Gasteiger partial charge in [-0.3, -0.25) is 14.4 Å². The van der Waals surface area contributed by atoms with Gasteiger partial charge in [-0.15, -0.1) is 0 Å². The van der Waals surface area contributed by atoms with Gasteiger partial charge in [0.05, 0.1) is 30.4 Å². The van der Waals surface area contributed by atoms with Gasteiger partial charge in [-0.25, -0.2) is 9.97 Å². The molecular weight excluding hydrogens is 464 g/mol. The quantitative estimate of drug-likeness (QED) is 0.409. The molecule has 1 aliphatic rings. The van der Waals surface area contributed by atoms with Crippen LogP contribution in [0, 0.1) is 0 Å². The molecule has 3 aromatic rings. The van der Waals surface area contributed by atoms with E-state index in [2.05, 4.69) is 31.9 Å². The van der Waals surface area contributed by atoms with Gasteiger partial charge in [-0.2, -0.15) is 5.10 Å². The van der Waals surface area contributed by atoms with Gasteiger partial charge in [-0.1, -0.05) is 0 Å². The number of hydrogen-bond donors (Lipinski definition) is 0. The van der Waals surface area contributed by atoms with Crippen molar-refractivity contribution in [1.82, 2.24) is 29.5 Å². The molecule has 1 aliphatic heterocycles. The molecule has 1 fully saturated rings. The van der Waals surface area contributed by atoms with E-state index in [1.807, 2.05) is 26.8 Å². The lowest BCUT2D eigenvalue weighted by atomic mass is 10.2. The predicted octanol–water partition coefficient (Wildman–Crippen LogP) is 2.60. The second-order valence-corrected chi connectivity index (χ2v) is 9.75. The number of piperazine rings is 1. The van der Waals surface area contributed by atoms with Crippen molar-refractivity contribution in [2.75, 3.05) is 53.5 Å². The summed E-state index contributed by atoms with van der Waals surface area (Å²) in [7, 11) is 3.74. The first-order valence-electron chi connectivity index (χ1n) is 12.0. The third-order valence-electron chi connectivity index (χ3n) is 5.68. The summed E-state index contributed by atoms with van der Waals surface area (Å²) >= 11 is 0. The number of carbonyl (C=O) groups is 1. The van der Waals surface area contributed by atoms with Crippen molar-refractivity contribution >= 4 is 16.9 Å². The molecule has 0 atom stereocenters. The Balaban J connectivity index is 1.43. The molecule has 0 aliphatic carbocycles. The molecule has 194 valence electrons. The zero-order chi connectivity index (χ0) is 25.7. The highest BCUT2D eigenvalue weighted by molar-refractivity contribution is 5.87. The Morgan fingerprint density at radius 1 is 1.08 bits per heavy atom. The minimum absolute atomic E-state index is 0.0200. The van der Waals surface area contributed by atoms with Gasteiger partial charge in [-0.05, 0) is 33.9 Å². The van der Waals surface area contributed by atoms with E-state index in [1.54, 1.807) is 19.4 Å². The molecule has 1 aromatic carbocycles. The molecule has 3 heterocycles. The maximum absolute atomic E-state index is 12.1. The Bertz CT molecular complexity index is 1180. The number of aromatic nitrogens is 4. The van der Waals surface area contributed by atoms with E-state index in [-0.39, 0.29) is 12.5 Å². The van der Waals surface area contributed by atoms with E-state index < -0.39 is 5.60 Å². The summed E-state index contributed by atoms with van der Waals surface area (Å²) in [6, 6.07) is 3.64. The third-order valence-corrected chi connectivity index (χ3v) is 5.68. The maximum Gasteiger partial charge on any atom is 0.328 e. The van der Waals surface area contributed by atoms with Gasteiger partial charge in [0.25, 0.3) is 0 Å². The number of esters is 1. The van der Waals surface area contributed by atoms with Crippen molar-refractivity contribution in [3.63, 3.8) is 0 Å². The first-order valence-corrected chi connectivity index (χ1v) is 12.0. The second kappa shape index (κ2) is 11.1. The van der Waals surface area contributed by atoms with Gasteiger partial charge in [0, 0.05) is 38.8 Å². The summed E-state index contributed by atoms with van der Waals surface area (Å²) in [6.45, 7) is 11.1. The van der Waals surface area contributed by atoms with Crippen molar-refractivity contribution in [2.24, 2.45) is 0 Å². The lowest BCUT2D eigenvalue weighted by molar-refractivity contribution is -0.155. The van der Waals surface area contributed by atoms with Crippen LogP contribution >= 0.6 is 0 Å². The van der Waals surface area contributed by atoms with Crippen LogP contribution in [0.5, 0.6) is 23.1 Å². The van der Waals surface area contributed by atoms with Crippen LogP contribution in [0.15, 0.2) is 30.9 Å². The molecule has 11 heteroatoms. The molecule has 4 rings (SSSR count). The van der Waals surface area contributed by atoms with Crippen LogP contribution in [0.1, 0.15) is 20.8 Å². The fourth-order valence-electron chi connectivity index (χ4n) is 3.85. The number of benzene rings is 1. The van der Waals surface area contributed by atoms with Crippen LogP contribution in [0.4, 0.5) is 0 Å². The first kappa shape index (κ1) is 25.6. The smallest absolute Gasteiger partial charge is 0.328 e. The van der Waals surface area contributed by atoms with Crippen molar-refractivity contribution in [3.05, 3.63) is 30.9 Å². The normalized spacial score (nSPS) is 15.1. The van der Waals surface area contributed by atoms with Gasteiger partial charge >= 0.3 is 5.97 Å². The minimum Gasteiger partial charge on any atom is -0.493 e. The Labute approximate surface area is 210 Å². The van der Waals surface area contributed by atoms with E-state index in [0.29, 0.717) is 40.6 Å². The van der Waals surface area contributed by atoms with Gasteiger partial charge in [0.2, 0.25) is 5.88 Å². The first-order chi connectivity index (χ1) is 17.2. The van der Waals surface area contributed by atoms with Crippen molar-refractivity contribution in [3.8, 4) is 23.1 Å². The van der Waals surface area contributed by atoms with E-state index in [9.17, 15) is 4.79 Å². The van der Waals surface area contributed by atoms with Crippen LogP contribution in [0.3, 0.4) is 0 Å². The molecule has 0 bridgehead atoms. The predicted molar refractivity (Wildman–Crippen MR) is 134 cm³/mol. The Morgan fingerprint density at radius 2 is 1.86 bits per heavy atom. The van der Waals surface area contributed by atoms with E-state index in [0.717, 1.165) is 32.7 Å². The molecule has 36 heavy (non-hydrogen) atoms. The SMILES string of the molecule is COc1cc2c(Oc3cnn(CC(=O)OC(C)(C)C)c3)ncnc2cc1OCCN1CCN(C)CC1. The molecule has 0 saturated carbocycles. The summed E-state index contributed by atoms with van der Waals surface area (Å²) in [5.74, 6) is 1.59. The second-order valence-electron chi connectivity index (χ2n) is 9.75. The average molecular weight is 499 g/mol. The zero-order valence-corrected chi connectivity index (χ0v) is 21.6. The van der Waals surface area contributed by atoms with Crippen molar-refractivity contribution < 1.29 is 23.7 Å². The largest absolute Gasteiger partial charge is 0.493 e. The number of ether oxygens (including phenoxy) is 4. The molecule has 1 saturated heterocycles. The number of fused-ring (bicyclic) bond motifs is 1. The summed E-state index contributed by atoms with van der Waals surface area (Å²) in [6.07, 6.45) is 4.57. The standard InChI is InChI=1S/C25H34N6O5/c1-25(2,3)36-23(32)16-31-15-18(14-28-31)35-24-19-12-21(33-5)22(13-20(19)26-17-27-24)34-11-10-30-8-6-29(4)7-9-30/h12-15,17H,6-11,16H2,1-5H3. The van der Waals surface area contributed by atoms with Crippen molar-refractivity contribution in [2.45, 2.75) is 32.9 Å². The summed E-state index contributed by atoms with van der Waals surface area (Å²) in [5.41, 5.74) is 0.104. The number of likely N-dealkylation sites (N-methyl/N-ethyl adjacent to an activating group) is 1. The minimum atomic E-state index is -0.560. The molecule has 0 N–H and O–H groups in total. The number of hydrogen-bond acceptors (Lipinski definition) is 10. The van der Waals surface area contributed by atoms with Gasteiger partial charge in [0.1, 0.15) is 25.1 Å². The van der Waals surface area contributed by atoms with Crippen LogP contribution in [0.25, 0.3) is 10.9 Å². The maximum atomic E-state index is 12.1. The molecule has 11 nitrogen and oxygen atoms in total.